The first-order chi connectivity index (χ1) is 19.7. The van der Waals surface area contributed by atoms with Crippen molar-refractivity contribution in [2.75, 3.05) is 26.1 Å². The van der Waals surface area contributed by atoms with Crippen molar-refractivity contribution in [2.45, 2.75) is 32.6 Å². The lowest BCUT2D eigenvalue weighted by Crippen LogP contribution is -2.37. The number of anilines is 1. The topological polar surface area (TPSA) is 144 Å². The second-order valence-corrected chi connectivity index (χ2v) is 9.69. The Morgan fingerprint density at radius 1 is 1.22 bits per heavy atom. The molecule has 1 N–H and O–H groups in total. The summed E-state index contributed by atoms with van der Waals surface area (Å²) in [6.07, 6.45) is 4.22. The summed E-state index contributed by atoms with van der Waals surface area (Å²) in [4.78, 5) is 64.3. The van der Waals surface area contributed by atoms with E-state index < -0.39 is 35.6 Å². The normalized spacial score (nSPS) is 13.4. The molecule has 0 unspecified atom stereocenters. The van der Waals surface area contributed by atoms with Gasteiger partial charge in [-0.05, 0) is 30.7 Å². The number of aromatic nitrogens is 5. The van der Waals surface area contributed by atoms with Gasteiger partial charge in [-0.2, -0.15) is 9.61 Å². The summed E-state index contributed by atoms with van der Waals surface area (Å²) >= 11 is 0. The van der Waals surface area contributed by atoms with E-state index in [2.05, 4.69) is 20.4 Å². The fourth-order valence-corrected chi connectivity index (χ4v) is 4.75. The summed E-state index contributed by atoms with van der Waals surface area (Å²) in [6, 6.07) is 7.05. The zero-order valence-corrected chi connectivity index (χ0v) is 22.6. The highest BCUT2D eigenvalue weighted by Gasteiger charge is 2.37. The van der Waals surface area contributed by atoms with E-state index in [0.717, 1.165) is 22.3 Å². The second-order valence-electron chi connectivity index (χ2n) is 9.69. The summed E-state index contributed by atoms with van der Waals surface area (Å²) in [5, 5.41) is 6.84. The molecule has 3 amide bonds. The van der Waals surface area contributed by atoms with Crippen LogP contribution in [0.15, 0.2) is 53.7 Å². The number of halogens is 1. The molecule has 41 heavy (non-hydrogen) atoms. The van der Waals surface area contributed by atoms with Gasteiger partial charge >= 0.3 is 0 Å². The lowest BCUT2D eigenvalue weighted by atomic mass is 10.2. The predicted octanol–water partition coefficient (Wildman–Crippen LogP) is 1.33. The molecule has 0 aliphatic carbocycles. The van der Waals surface area contributed by atoms with Crippen LogP contribution < -0.4 is 10.9 Å². The van der Waals surface area contributed by atoms with Crippen molar-refractivity contribution < 1.29 is 23.5 Å². The number of fused-ring (bicyclic) bond motifs is 2. The van der Waals surface area contributed by atoms with Crippen LogP contribution in [0.5, 0.6) is 0 Å². The number of carbonyl (C=O) groups is 3. The molecule has 0 saturated carbocycles. The number of hydrogen-bond acceptors (Lipinski definition) is 8. The minimum absolute atomic E-state index is 0.0152. The molecule has 0 fully saturated rings. The molecule has 0 spiro atoms. The van der Waals surface area contributed by atoms with Crippen LogP contribution in [-0.4, -0.2) is 78.5 Å². The summed E-state index contributed by atoms with van der Waals surface area (Å²) < 4.78 is 20.9. The molecule has 0 saturated heterocycles. The third-order valence-corrected chi connectivity index (χ3v) is 6.71. The van der Waals surface area contributed by atoms with Gasteiger partial charge in [0.15, 0.2) is 5.69 Å². The predicted molar refractivity (Wildman–Crippen MR) is 144 cm³/mol. The van der Waals surface area contributed by atoms with Crippen molar-refractivity contribution in [3.05, 3.63) is 87.6 Å². The van der Waals surface area contributed by atoms with Gasteiger partial charge in [0, 0.05) is 39.2 Å². The molecule has 1 atom stereocenters. The van der Waals surface area contributed by atoms with Gasteiger partial charge in [-0.15, -0.1) is 0 Å². The van der Waals surface area contributed by atoms with Crippen LogP contribution in [0.3, 0.4) is 0 Å². The lowest BCUT2D eigenvalue weighted by Gasteiger charge is -2.23. The van der Waals surface area contributed by atoms with Gasteiger partial charge in [-0.3, -0.25) is 24.2 Å². The molecule has 5 heterocycles. The van der Waals surface area contributed by atoms with Crippen molar-refractivity contribution in [3.8, 4) is 0 Å². The van der Waals surface area contributed by atoms with Crippen LogP contribution in [0.1, 0.15) is 39.0 Å². The average molecular weight is 563 g/mol. The number of amides is 3. The maximum absolute atomic E-state index is 13.6. The van der Waals surface area contributed by atoms with E-state index >= 15 is 0 Å². The minimum Gasteiger partial charge on any atom is -0.383 e. The van der Waals surface area contributed by atoms with E-state index in [9.17, 15) is 23.6 Å². The van der Waals surface area contributed by atoms with Crippen LogP contribution in [0, 0.1) is 5.82 Å². The molecule has 1 aliphatic heterocycles. The average Bonchev–Trinajstić information content (AvgIpc) is 3.55. The number of hydrogen-bond donors (Lipinski definition) is 1. The maximum Gasteiger partial charge on any atom is 0.280 e. The van der Waals surface area contributed by atoms with E-state index in [1.165, 1.54) is 33.6 Å². The number of methoxy groups -OCH3 is 1. The van der Waals surface area contributed by atoms with Crippen LogP contribution in [0.4, 0.5) is 10.2 Å². The fourth-order valence-electron chi connectivity index (χ4n) is 4.75. The molecule has 0 radical (unpaired) electrons. The molecule has 0 aromatic carbocycles. The van der Waals surface area contributed by atoms with E-state index in [0.29, 0.717) is 0 Å². The number of ether oxygens (including phenoxy) is 1. The van der Waals surface area contributed by atoms with Crippen LogP contribution in [0.25, 0.3) is 5.65 Å². The molecule has 5 rings (SSSR count). The Balaban J connectivity index is 1.55. The third kappa shape index (κ3) is 5.41. The molecular formula is C27H27FN8O5. The molecule has 13 nitrogen and oxygen atoms in total. The smallest absolute Gasteiger partial charge is 0.280 e. The molecule has 4 aromatic rings. The first-order valence-electron chi connectivity index (χ1n) is 12.7. The fraction of sp³-hybridized carbons (Fsp3) is 0.296. The SMILES string of the molecule is COC[C@H](C)N1Cc2c(n(CC(=O)Nc3ccc(F)cn3)c3cc(C(=O)N(C)Cc4cccnc4)nn3c2=O)C1=O. The van der Waals surface area contributed by atoms with Crippen LogP contribution in [-0.2, 0) is 29.2 Å². The summed E-state index contributed by atoms with van der Waals surface area (Å²) in [5.41, 5.74) is 0.445. The monoisotopic (exact) mass is 562 g/mol. The Bertz CT molecular complexity index is 1690. The van der Waals surface area contributed by atoms with Gasteiger partial charge < -0.3 is 24.4 Å². The number of pyridine rings is 2. The second kappa shape index (κ2) is 11.3. The summed E-state index contributed by atoms with van der Waals surface area (Å²) in [6.45, 7) is 1.85. The minimum atomic E-state index is -0.587. The van der Waals surface area contributed by atoms with Gasteiger partial charge in [0.25, 0.3) is 17.4 Å². The zero-order valence-electron chi connectivity index (χ0n) is 22.6. The highest BCUT2D eigenvalue weighted by atomic mass is 19.1. The molecule has 14 heteroatoms. The van der Waals surface area contributed by atoms with E-state index in [4.69, 9.17) is 4.74 Å². The molecular weight excluding hydrogens is 535 g/mol. The number of rotatable bonds is 9. The third-order valence-electron chi connectivity index (χ3n) is 6.71. The number of nitrogens with one attached hydrogen (secondary N) is 1. The Hall–Kier alpha value is -4.98. The Labute approximate surface area is 233 Å². The summed E-state index contributed by atoms with van der Waals surface area (Å²) in [5.74, 6) is -1.97. The highest BCUT2D eigenvalue weighted by Crippen LogP contribution is 2.25. The first kappa shape index (κ1) is 27.6. The Morgan fingerprint density at radius 3 is 2.71 bits per heavy atom. The van der Waals surface area contributed by atoms with Crippen LogP contribution in [0.2, 0.25) is 0 Å². The van der Waals surface area contributed by atoms with Crippen molar-refractivity contribution in [1.29, 1.82) is 0 Å². The number of carbonyl (C=O) groups excluding carboxylic acids is 3. The van der Waals surface area contributed by atoms with Crippen molar-refractivity contribution in [3.63, 3.8) is 0 Å². The van der Waals surface area contributed by atoms with Gasteiger partial charge in [-0.1, -0.05) is 6.07 Å². The maximum atomic E-state index is 13.6. The van der Waals surface area contributed by atoms with E-state index in [-0.39, 0.29) is 54.2 Å². The quantitative estimate of drug-likeness (QED) is 0.322. The Morgan fingerprint density at radius 2 is 2.02 bits per heavy atom. The van der Waals surface area contributed by atoms with Gasteiger partial charge in [0.1, 0.15) is 29.5 Å². The van der Waals surface area contributed by atoms with Gasteiger partial charge in [0.05, 0.1) is 31.0 Å². The van der Waals surface area contributed by atoms with E-state index in [1.807, 2.05) is 6.07 Å². The van der Waals surface area contributed by atoms with Gasteiger partial charge in [0.2, 0.25) is 5.91 Å². The van der Waals surface area contributed by atoms with Crippen LogP contribution >= 0.6 is 0 Å². The molecule has 4 aromatic heterocycles. The zero-order chi connectivity index (χ0) is 29.3. The highest BCUT2D eigenvalue weighted by molar-refractivity contribution is 5.99. The molecule has 1 aliphatic rings. The van der Waals surface area contributed by atoms with Crippen molar-refractivity contribution in [2.24, 2.45) is 0 Å². The Kier molecular flexibility index (Phi) is 7.57. The standard InChI is InChI=1S/C27H27FN8O5/c1-16(15-41-3)34-13-19-24(27(34)40)35(14-22(37)31-21-7-6-18(28)11-30-21)23-9-20(32-36(23)25(19)38)26(39)33(2)12-17-5-4-8-29-10-17/h4-11,16H,12-15H2,1-3H3,(H,30,31,37)/t16-/m0/s1. The first-order valence-corrected chi connectivity index (χ1v) is 12.7. The van der Waals surface area contributed by atoms with Gasteiger partial charge in [-0.25, -0.2) is 9.37 Å². The number of nitrogens with zero attached hydrogens (tertiary/aromatic N) is 7. The summed E-state index contributed by atoms with van der Waals surface area (Å²) in [7, 11) is 3.10. The van der Waals surface area contributed by atoms with E-state index in [1.54, 1.807) is 32.4 Å². The molecule has 0 bridgehead atoms. The van der Waals surface area contributed by atoms with Crippen molar-refractivity contribution >= 4 is 29.2 Å². The van der Waals surface area contributed by atoms with Crippen molar-refractivity contribution in [1.82, 2.24) is 33.9 Å². The molecule has 212 valence electrons. The lowest BCUT2D eigenvalue weighted by molar-refractivity contribution is -0.116. The largest absolute Gasteiger partial charge is 0.383 e.